The summed E-state index contributed by atoms with van der Waals surface area (Å²) in [6, 6.07) is 21.8. The Labute approximate surface area is 217 Å². The first-order chi connectivity index (χ1) is 17.8. The van der Waals surface area contributed by atoms with E-state index in [-0.39, 0.29) is 17.8 Å². The van der Waals surface area contributed by atoms with Crippen molar-refractivity contribution in [2.75, 3.05) is 22.2 Å². The third kappa shape index (κ3) is 7.32. The molecule has 10 heteroatoms. The standard InChI is InChI=1S/C26H24FN5O.CH5NOS/c27-17-6-9-24-23(12-17)25(10-11-29-24)31-19-7-4-16(5-8-19)26(33)32-21-3-1-2-20(15-21)30-22-13-18(28)14-22;1-4(2)3/h1-12,15,18,22,30H,13-14,28H2,(H,29,31)(H,32,33);2H2,1H3. The van der Waals surface area contributed by atoms with Gasteiger partial charge in [0.15, 0.2) is 0 Å². The van der Waals surface area contributed by atoms with Crippen LogP contribution in [-0.4, -0.2) is 33.4 Å². The highest BCUT2D eigenvalue weighted by Gasteiger charge is 2.25. The molecule has 37 heavy (non-hydrogen) atoms. The van der Waals surface area contributed by atoms with Crippen molar-refractivity contribution in [2.24, 2.45) is 10.9 Å². The number of pyridine rings is 1. The van der Waals surface area contributed by atoms with Crippen LogP contribution in [0.1, 0.15) is 23.2 Å². The summed E-state index contributed by atoms with van der Waals surface area (Å²) < 4.78 is 23.0. The number of nitrogens with two attached hydrogens (primary N) is 2. The molecule has 4 aromatic rings. The monoisotopic (exact) mass is 520 g/mol. The summed E-state index contributed by atoms with van der Waals surface area (Å²) in [5.74, 6) is -0.512. The van der Waals surface area contributed by atoms with Gasteiger partial charge in [-0.15, -0.1) is 0 Å². The van der Waals surface area contributed by atoms with Crippen molar-refractivity contribution < 1.29 is 13.4 Å². The van der Waals surface area contributed by atoms with Gasteiger partial charge in [-0.3, -0.25) is 14.9 Å². The minimum Gasteiger partial charge on any atom is -0.382 e. The molecule has 1 aliphatic rings. The maximum absolute atomic E-state index is 13.7. The van der Waals surface area contributed by atoms with Crippen molar-refractivity contribution >= 4 is 50.5 Å². The number of hydrogen-bond donors (Lipinski definition) is 5. The third-order valence-electron chi connectivity index (χ3n) is 5.80. The first kappa shape index (κ1) is 26.2. The van der Waals surface area contributed by atoms with E-state index in [4.69, 9.17) is 5.73 Å². The van der Waals surface area contributed by atoms with Crippen LogP contribution in [0.4, 0.5) is 27.1 Å². The lowest BCUT2D eigenvalue weighted by Crippen LogP contribution is -2.44. The van der Waals surface area contributed by atoms with Gasteiger partial charge in [0.2, 0.25) is 0 Å². The van der Waals surface area contributed by atoms with Gasteiger partial charge in [-0.2, -0.15) is 0 Å². The van der Waals surface area contributed by atoms with Crippen molar-refractivity contribution in [1.29, 1.82) is 0 Å². The first-order valence-electron chi connectivity index (χ1n) is 11.7. The lowest BCUT2D eigenvalue weighted by Gasteiger charge is -2.33. The summed E-state index contributed by atoms with van der Waals surface area (Å²) in [7, 11) is -1.11. The largest absolute Gasteiger partial charge is 0.382 e. The van der Waals surface area contributed by atoms with Gasteiger partial charge >= 0.3 is 0 Å². The van der Waals surface area contributed by atoms with Crippen LogP contribution in [-0.2, 0) is 11.0 Å². The number of benzene rings is 3. The molecular weight excluding hydrogens is 491 g/mol. The van der Waals surface area contributed by atoms with E-state index in [1.54, 1.807) is 30.5 Å². The normalized spacial score (nSPS) is 17.1. The van der Waals surface area contributed by atoms with Crippen LogP contribution in [0.2, 0.25) is 0 Å². The van der Waals surface area contributed by atoms with Gasteiger partial charge in [0.05, 0.1) is 16.5 Å². The number of carbonyl (C=O) groups excluding carboxylic acids is 1. The zero-order chi connectivity index (χ0) is 26.4. The number of amides is 1. The molecule has 0 aliphatic heterocycles. The molecule has 0 spiro atoms. The van der Waals surface area contributed by atoms with Crippen LogP contribution >= 0.6 is 0 Å². The quantitative estimate of drug-likeness (QED) is 0.254. The van der Waals surface area contributed by atoms with E-state index in [1.165, 1.54) is 18.4 Å². The van der Waals surface area contributed by atoms with E-state index >= 15 is 0 Å². The van der Waals surface area contributed by atoms with E-state index in [0.717, 1.165) is 35.6 Å². The first-order valence-corrected chi connectivity index (χ1v) is 13.3. The van der Waals surface area contributed by atoms with Crippen molar-refractivity contribution in [3.05, 3.63) is 90.4 Å². The molecule has 1 atom stereocenters. The predicted molar refractivity (Wildman–Crippen MR) is 149 cm³/mol. The number of nitrogens with zero attached hydrogens (tertiary/aromatic N) is 1. The maximum atomic E-state index is 13.7. The van der Waals surface area contributed by atoms with Gasteiger partial charge in [-0.05, 0) is 79.6 Å². The molecule has 1 amide bonds. The second-order valence-electron chi connectivity index (χ2n) is 8.83. The molecule has 3 aromatic carbocycles. The van der Waals surface area contributed by atoms with Crippen LogP contribution < -0.4 is 26.8 Å². The SMILES string of the molecule is CS(N)=O.NC1CC(Nc2cccc(NC(=O)c3ccc(Nc4ccnc5ccc(F)cc45)cc3)c2)C1. The Balaban J connectivity index is 0.000000747. The van der Waals surface area contributed by atoms with E-state index in [0.29, 0.717) is 22.5 Å². The average Bonchev–Trinajstić information content (AvgIpc) is 2.84. The topological polar surface area (TPSA) is 135 Å². The number of halogens is 1. The fourth-order valence-electron chi connectivity index (χ4n) is 3.99. The molecule has 0 radical (unpaired) electrons. The molecule has 1 saturated carbocycles. The number of aromatic nitrogens is 1. The fraction of sp³-hybridized carbons (Fsp3) is 0.185. The maximum Gasteiger partial charge on any atom is 0.255 e. The Kier molecular flexibility index (Phi) is 8.44. The van der Waals surface area contributed by atoms with E-state index in [2.05, 4.69) is 26.1 Å². The Morgan fingerprint density at radius 2 is 1.70 bits per heavy atom. The van der Waals surface area contributed by atoms with Crippen molar-refractivity contribution in [3.8, 4) is 0 Å². The molecule has 1 heterocycles. The number of hydrogen-bond acceptors (Lipinski definition) is 6. The lowest BCUT2D eigenvalue weighted by atomic mass is 9.87. The molecular formula is C27H29FN6O2S. The molecule has 5 rings (SSSR count). The van der Waals surface area contributed by atoms with Crippen LogP contribution in [0.15, 0.2) is 79.0 Å². The summed E-state index contributed by atoms with van der Waals surface area (Å²) in [6.07, 6.45) is 5.01. The van der Waals surface area contributed by atoms with Crippen molar-refractivity contribution in [3.63, 3.8) is 0 Å². The van der Waals surface area contributed by atoms with Crippen LogP contribution in [0.25, 0.3) is 10.9 Å². The highest BCUT2D eigenvalue weighted by Crippen LogP contribution is 2.27. The fourth-order valence-corrected chi connectivity index (χ4v) is 3.99. The zero-order valence-electron chi connectivity index (χ0n) is 20.3. The van der Waals surface area contributed by atoms with Crippen LogP contribution in [0.3, 0.4) is 0 Å². The Bertz CT molecular complexity index is 1410. The summed E-state index contributed by atoms with van der Waals surface area (Å²) in [5.41, 5.74) is 10.3. The van der Waals surface area contributed by atoms with E-state index in [9.17, 15) is 13.4 Å². The lowest BCUT2D eigenvalue weighted by molar-refractivity contribution is 0.102. The van der Waals surface area contributed by atoms with Gasteiger partial charge in [0.25, 0.3) is 5.91 Å². The Morgan fingerprint density at radius 3 is 2.41 bits per heavy atom. The number of carbonyl (C=O) groups is 1. The van der Waals surface area contributed by atoms with E-state index < -0.39 is 11.0 Å². The Hall–Kier alpha value is -3.86. The minimum absolute atomic E-state index is 0.194. The molecule has 7 N–H and O–H groups in total. The van der Waals surface area contributed by atoms with Gasteiger partial charge in [0.1, 0.15) is 5.82 Å². The van der Waals surface area contributed by atoms with E-state index in [1.807, 2.05) is 36.4 Å². The second kappa shape index (κ2) is 11.9. The van der Waals surface area contributed by atoms with Crippen LogP contribution in [0, 0.1) is 5.82 Å². The molecule has 1 fully saturated rings. The van der Waals surface area contributed by atoms with Gasteiger partial charge in [0, 0.05) is 58.2 Å². The molecule has 0 saturated heterocycles. The number of rotatable bonds is 6. The molecule has 0 bridgehead atoms. The van der Waals surface area contributed by atoms with Gasteiger partial charge in [-0.1, -0.05) is 6.07 Å². The highest BCUT2D eigenvalue weighted by atomic mass is 32.2. The number of nitrogens with one attached hydrogen (secondary N) is 3. The summed E-state index contributed by atoms with van der Waals surface area (Å²) >= 11 is 0. The minimum atomic E-state index is -1.11. The number of anilines is 4. The summed E-state index contributed by atoms with van der Waals surface area (Å²) in [5, 5.41) is 14.9. The third-order valence-corrected chi connectivity index (χ3v) is 5.80. The predicted octanol–water partition coefficient (Wildman–Crippen LogP) is 4.51. The molecule has 1 aliphatic carbocycles. The average molecular weight is 521 g/mol. The number of fused-ring (bicyclic) bond motifs is 1. The van der Waals surface area contributed by atoms with Gasteiger partial charge < -0.3 is 21.7 Å². The summed E-state index contributed by atoms with van der Waals surface area (Å²) in [4.78, 5) is 17.0. The smallest absolute Gasteiger partial charge is 0.255 e. The second-order valence-corrected chi connectivity index (χ2v) is 9.83. The molecule has 1 aromatic heterocycles. The van der Waals surface area contributed by atoms with Crippen molar-refractivity contribution in [2.45, 2.75) is 24.9 Å². The van der Waals surface area contributed by atoms with Crippen molar-refractivity contribution in [1.82, 2.24) is 4.98 Å². The van der Waals surface area contributed by atoms with Gasteiger partial charge in [-0.25, -0.2) is 8.60 Å². The highest BCUT2D eigenvalue weighted by molar-refractivity contribution is 7.81. The summed E-state index contributed by atoms with van der Waals surface area (Å²) in [6.45, 7) is 0. The van der Waals surface area contributed by atoms with Crippen LogP contribution in [0.5, 0.6) is 0 Å². The molecule has 192 valence electrons. The molecule has 8 nitrogen and oxygen atoms in total. The Morgan fingerprint density at radius 1 is 1.00 bits per heavy atom. The molecule has 1 unspecified atom stereocenters. The zero-order valence-corrected chi connectivity index (χ0v) is 21.1.